The number of rotatable bonds is 8. The van der Waals surface area contributed by atoms with Crippen LogP contribution in [0.15, 0.2) is 42.5 Å². The van der Waals surface area contributed by atoms with Gasteiger partial charge < -0.3 is 9.80 Å². The van der Waals surface area contributed by atoms with E-state index in [0.717, 1.165) is 30.9 Å². The zero-order valence-corrected chi connectivity index (χ0v) is 18.9. The van der Waals surface area contributed by atoms with E-state index in [-0.39, 0.29) is 23.5 Å². The lowest BCUT2D eigenvalue weighted by molar-refractivity contribution is 0.0673. The maximum absolute atomic E-state index is 13.5. The maximum Gasteiger partial charge on any atom is 0.256 e. The first-order valence-corrected chi connectivity index (χ1v) is 12.4. The summed E-state index contributed by atoms with van der Waals surface area (Å²) in [6.07, 6.45) is 0.501. The van der Waals surface area contributed by atoms with Gasteiger partial charge in [0.05, 0.1) is 28.5 Å². The Morgan fingerprint density at radius 2 is 1.77 bits per heavy atom. The van der Waals surface area contributed by atoms with E-state index in [1.165, 1.54) is 0 Å². The van der Waals surface area contributed by atoms with Crippen molar-refractivity contribution in [2.45, 2.75) is 33.2 Å². The highest BCUT2D eigenvalue weighted by molar-refractivity contribution is 7.91. The Morgan fingerprint density at radius 3 is 2.33 bits per heavy atom. The lowest BCUT2D eigenvalue weighted by Crippen LogP contribution is -2.45. The summed E-state index contributed by atoms with van der Waals surface area (Å²) in [4.78, 5) is 22.1. The third-order valence-corrected chi connectivity index (χ3v) is 7.60. The molecular formula is C23H31N3O3S. The van der Waals surface area contributed by atoms with Crippen LogP contribution in [0.2, 0.25) is 0 Å². The Bertz CT molecular complexity index is 972. The second-order valence-corrected chi connectivity index (χ2v) is 10.0. The van der Waals surface area contributed by atoms with E-state index in [0.29, 0.717) is 24.2 Å². The summed E-state index contributed by atoms with van der Waals surface area (Å²) >= 11 is 0. The van der Waals surface area contributed by atoms with Gasteiger partial charge in [0.25, 0.3) is 5.91 Å². The van der Waals surface area contributed by atoms with Crippen LogP contribution in [0.1, 0.15) is 36.3 Å². The quantitative estimate of drug-likeness (QED) is 0.645. The molecule has 6 nitrogen and oxygen atoms in total. The summed E-state index contributed by atoms with van der Waals surface area (Å²) in [5.41, 5.74) is 3.02. The molecule has 1 aliphatic heterocycles. The zero-order chi connectivity index (χ0) is 21.7. The first-order chi connectivity index (χ1) is 14.3. The van der Waals surface area contributed by atoms with Crippen molar-refractivity contribution in [2.75, 3.05) is 37.7 Å². The van der Waals surface area contributed by atoms with E-state index >= 15 is 0 Å². The number of hydrogen-bond acceptors (Lipinski definition) is 5. The Morgan fingerprint density at radius 1 is 1.07 bits per heavy atom. The fraction of sp³-hybridized carbons (Fsp3) is 0.478. The van der Waals surface area contributed by atoms with Crippen LogP contribution in [0.5, 0.6) is 0 Å². The molecule has 1 saturated heterocycles. The molecule has 3 rings (SSSR count). The van der Waals surface area contributed by atoms with E-state index in [9.17, 15) is 13.2 Å². The van der Waals surface area contributed by atoms with Crippen molar-refractivity contribution in [3.8, 4) is 11.3 Å². The van der Waals surface area contributed by atoms with Crippen LogP contribution in [-0.2, 0) is 9.84 Å². The number of sulfone groups is 1. The normalized spacial score (nSPS) is 17.9. The van der Waals surface area contributed by atoms with E-state index in [2.05, 4.69) is 23.7 Å². The van der Waals surface area contributed by atoms with Crippen molar-refractivity contribution >= 4 is 15.7 Å². The van der Waals surface area contributed by atoms with Gasteiger partial charge in [-0.3, -0.25) is 9.78 Å². The number of hydrogen-bond donors (Lipinski definition) is 0. The topological polar surface area (TPSA) is 70.6 Å². The molecule has 1 amide bonds. The van der Waals surface area contributed by atoms with Crippen molar-refractivity contribution < 1.29 is 13.2 Å². The molecule has 2 aromatic rings. The molecule has 1 aliphatic rings. The molecule has 30 heavy (non-hydrogen) atoms. The largest absolute Gasteiger partial charge is 0.333 e. The van der Waals surface area contributed by atoms with Crippen molar-refractivity contribution in [3.63, 3.8) is 0 Å². The van der Waals surface area contributed by atoms with E-state index in [1.54, 1.807) is 4.90 Å². The highest BCUT2D eigenvalue weighted by atomic mass is 32.2. The first-order valence-electron chi connectivity index (χ1n) is 10.6. The number of pyridine rings is 1. The average molecular weight is 430 g/mol. The predicted octanol–water partition coefficient (Wildman–Crippen LogP) is 3.03. The highest BCUT2D eigenvalue weighted by Crippen LogP contribution is 2.23. The molecule has 0 bridgehead atoms. The van der Waals surface area contributed by atoms with Crippen molar-refractivity contribution in [1.82, 2.24) is 14.8 Å². The molecule has 0 saturated carbocycles. The number of benzene rings is 1. The molecule has 1 aromatic heterocycles. The maximum atomic E-state index is 13.5. The minimum Gasteiger partial charge on any atom is -0.333 e. The molecule has 1 fully saturated rings. The summed E-state index contributed by atoms with van der Waals surface area (Å²) < 4.78 is 24.1. The van der Waals surface area contributed by atoms with E-state index in [4.69, 9.17) is 0 Å². The fourth-order valence-electron chi connectivity index (χ4n) is 3.97. The van der Waals surface area contributed by atoms with Gasteiger partial charge in [0.15, 0.2) is 9.84 Å². The Labute approximate surface area is 179 Å². The molecule has 7 heteroatoms. The number of carbonyl (C=O) groups excluding carboxylic acids is 1. The number of nitrogens with zero attached hydrogens (tertiary/aromatic N) is 3. The van der Waals surface area contributed by atoms with Crippen molar-refractivity contribution in [2.24, 2.45) is 0 Å². The summed E-state index contributed by atoms with van der Waals surface area (Å²) in [7, 11) is -3.08. The van der Waals surface area contributed by atoms with Gasteiger partial charge in [0.2, 0.25) is 0 Å². The minimum absolute atomic E-state index is 0.0472. The van der Waals surface area contributed by atoms with Gasteiger partial charge in [-0.2, -0.15) is 0 Å². The molecule has 1 aromatic carbocycles. The van der Waals surface area contributed by atoms with Crippen LogP contribution < -0.4 is 0 Å². The molecule has 2 heterocycles. The molecule has 0 spiro atoms. The second-order valence-electron chi connectivity index (χ2n) is 7.78. The van der Waals surface area contributed by atoms with Crippen molar-refractivity contribution in [1.29, 1.82) is 0 Å². The van der Waals surface area contributed by atoms with Gasteiger partial charge in [0.1, 0.15) is 0 Å². The third-order valence-electron chi connectivity index (χ3n) is 5.85. The molecule has 162 valence electrons. The molecule has 1 unspecified atom stereocenters. The van der Waals surface area contributed by atoms with Gasteiger partial charge in [-0.25, -0.2) is 8.42 Å². The van der Waals surface area contributed by atoms with Gasteiger partial charge >= 0.3 is 0 Å². The summed E-state index contributed by atoms with van der Waals surface area (Å²) in [5.74, 6) is 0.0662. The van der Waals surface area contributed by atoms with Gasteiger partial charge in [-0.05, 0) is 38.6 Å². The molecule has 0 aliphatic carbocycles. The Balaban J connectivity index is 1.86. The van der Waals surface area contributed by atoms with Crippen LogP contribution in [0, 0.1) is 6.92 Å². The zero-order valence-electron chi connectivity index (χ0n) is 18.0. The second kappa shape index (κ2) is 9.71. The van der Waals surface area contributed by atoms with Crippen LogP contribution in [0.25, 0.3) is 11.3 Å². The molecular weight excluding hydrogens is 398 g/mol. The molecule has 0 N–H and O–H groups in total. The molecule has 0 radical (unpaired) electrons. The standard InChI is InChI=1S/C23H31N3O3S/c1-4-25(5-2)14-15-26(20-13-16-30(28,29)17-20)23(27)21-11-12-22(24-18(21)3)19-9-7-6-8-10-19/h6-12,20H,4-5,13-17H2,1-3H3. The first kappa shape index (κ1) is 22.4. The Hall–Kier alpha value is -2.25. The lowest BCUT2D eigenvalue weighted by Gasteiger charge is -2.31. The average Bonchev–Trinajstić information content (AvgIpc) is 3.10. The molecule has 1 atom stereocenters. The van der Waals surface area contributed by atoms with Crippen molar-refractivity contribution in [3.05, 3.63) is 53.7 Å². The van der Waals surface area contributed by atoms with Crippen LogP contribution >= 0.6 is 0 Å². The summed E-state index contributed by atoms with van der Waals surface area (Å²) in [6, 6.07) is 13.3. The van der Waals surface area contributed by atoms with Gasteiger partial charge in [-0.15, -0.1) is 0 Å². The van der Waals surface area contributed by atoms with Crippen LogP contribution in [0.4, 0.5) is 0 Å². The fourth-order valence-corrected chi connectivity index (χ4v) is 5.70. The monoisotopic (exact) mass is 429 g/mol. The smallest absolute Gasteiger partial charge is 0.256 e. The van der Waals surface area contributed by atoms with Gasteiger partial charge in [-0.1, -0.05) is 44.2 Å². The highest BCUT2D eigenvalue weighted by Gasteiger charge is 2.35. The van der Waals surface area contributed by atoms with E-state index < -0.39 is 9.84 Å². The number of amides is 1. The van der Waals surface area contributed by atoms with Gasteiger partial charge in [0, 0.05) is 24.7 Å². The SMILES string of the molecule is CCN(CC)CCN(C(=O)c1ccc(-c2ccccc2)nc1C)C1CCS(=O)(=O)C1. The number of carbonyl (C=O) groups is 1. The summed E-state index contributed by atoms with van der Waals surface area (Å²) in [5, 5.41) is 0. The number of aryl methyl sites for hydroxylation is 1. The number of aromatic nitrogens is 1. The number of likely N-dealkylation sites (N-methyl/N-ethyl adjacent to an activating group) is 1. The third kappa shape index (κ3) is 5.26. The van der Waals surface area contributed by atoms with Crippen LogP contribution in [0.3, 0.4) is 0 Å². The lowest BCUT2D eigenvalue weighted by atomic mass is 10.1. The predicted molar refractivity (Wildman–Crippen MR) is 120 cm³/mol. The van der Waals surface area contributed by atoms with Crippen LogP contribution in [-0.4, -0.2) is 72.8 Å². The Kier molecular flexibility index (Phi) is 7.26. The van der Waals surface area contributed by atoms with E-state index in [1.807, 2.05) is 49.4 Å². The summed E-state index contributed by atoms with van der Waals surface area (Å²) in [6.45, 7) is 9.05. The minimum atomic E-state index is -3.08.